The smallest absolute Gasteiger partial charge is 0.304 e. The molecular formula is C12H13BrO3. The van der Waals surface area contributed by atoms with E-state index in [0.717, 1.165) is 10.2 Å². The van der Waals surface area contributed by atoms with Crippen molar-refractivity contribution in [1.29, 1.82) is 0 Å². The van der Waals surface area contributed by atoms with Crippen LogP contribution in [0.1, 0.15) is 6.42 Å². The van der Waals surface area contributed by atoms with E-state index < -0.39 is 5.97 Å². The molecule has 0 aliphatic carbocycles. The first-order valence-electron chi connectivity index (χ1n) is 4.84. The van der Waals surface area contributed by atoms with E-state index in [1.165, 1.54) is 0 Å². The van der Waals surface area contributed by atoms with Crippen LogP contribution in [0.3, 0.4) is 0 Å². The minimum atomic E-state index is -0.843. The molecule has 0 aliphatic heterocycles. The summed E-state index contributed by atoms with van der Waals surface area (Å²) in [6.45, 7) is 3.92. The summed E-state index contributed by atoms with van der Waals surface area (Å²) in [6, 6.07) is 7.39. The number of ether oxygens (including phenoxy) is 1. The van der Waals surface area contributed by atoms with Gasteiger partial charge in [0.25, 0.3) is 0 Å². The summed E-state index contributed by atoms with van der Waals surface area (Å²) in [7, 11) is 0. The first-order chi connectivity index (χ1) is 7.61. The number of carboxylic acid groups (broad SMARTS) is 1. The first kappa shape index (κ1) is 12.8. The second-order valence-electron chi connectivity index (χ2n) is 3.36. The average Bonchev–Trinajstić information content (AvgIpc) is 2.26. The normalized spacial score (nSPS) is 11.8. The fourth-order valence-electron chi connectivity index (χ4n) is 1.17. The van der Waals surface area contributed by atoms with Crippen molar-refractivity contribution in [3.8, 4) is 5.75 Å². The van der Waals surface area contributed by atoms with Crippen LogP contribution >= 0.6 is 15.9 Å². The summed E-state index contributed by atoms with van der Waals surface area (Å²) in [4.78, 5) is 10.5. The molecule has 4 heteroatoms. The van der Waals surface area contributed by atoms with E-state index in [2.05, 4.69) is 22.5 Å². The van der Waals surface area contributed by atoms with Crippen LogP contribution in [0.4, 0.5) is 0 Å². The molecule has 0 bridgehead atoms. The van der Waals surface area contributed by atoms with E-state index in [-0.39, 0.29) is 12.3 Å². The van der Waals surface area contributed by atoms with Crippen LogP contribution in [-0.2, 0) is 4.79 Å². The first-order valence-corrected chi connectivity index (χ1v) is 5.64. The van der Waals surface area contributed by atoms with E-state index in [0.29, 0.717) is 6.61 Å². The lowest BCUT2D eigenvalue weighted by Gasteiger charge is -2.11. The van der Waals surface area contributed by atoms with Crippen molar-refractivity contribution in [2.45, 2.75) is 6.42 Å². The SMILES string of the molecule is C=CC(COc1ccc(Br)cc1)CC(=O)O. The molecule has 1 aromatic rings. The Labute approximate surface area is 103 Å². The molecule has 0 spiro atoms. The molecule has 1 unspecified atom stereocenters. The summed E-state index contributed by atoms with van der Waals surface area (Å²) >= 11 is 3.32. The van der Waals surface area contributed by atoms with E-state index in [9.17, 15) is 4.79 Å². The molecular weight excluding hydrogens is 272 g/mol. The van der Waals surface area contributed by atoms with Crippen molar-refractivity contribution < 1.29 is 14.6 Å². The fourth-order valence-corrected chi connectivity index (χ4v) is 1.43. The number of aliphatic carboxylic acids is 1. The third kappa shape index (κ3) is 4.49. The number of halogens is 1. The largest absolute Gasteiger partial charge is 0.493 e. The van der Waals surface area contributed by atoms with Gasteiger partial charge < -0.3 is 9.84 Å². The van der Waals surface area contributed by atoms with Crippen LogP contribution in [-0.4, -0.2) is 17.7 Å². The van der Waals surface area contributed by atoms with Crippen molar-refractivity contribution in [3.05, 3.63) is 41.4 Å². The number of benzene rings is 1. The average molecular weight is 285 g/mol. The lowest BCUT2D eigenvalue weighted by atomic mass is 10.1. The fraction of sp³-hybridized carbons (Fsp3) is 0.250. The highest BCUT2D eigenvalue weighted by molar-refractivity contribution is 9.10. The highest BCUT2D eigenvalue weighted by Gasteiger charge is 2.10. The summed E-state index contributed by atoms with van der Waals surface area (Å²) in [5.41, 5.74) is 0. The van der Waals surface area contributed by atoms with Crippen LogP contribution in [0.15, 0.2) is 41.4 Å². The van der Waals surface area contributed by atoms with Crippen molar-refractivity contribution in [2.24, 2.45) is 5.92 Å². The molecule has 0 saturated heterocycles. The van der Waals surface area contributed by atoms with Crippen molar-refractivity contribution in [2.75, 3.05) is 6.61 Å². The predicted molar refractivity (Wildman–Crippen MR) is 65.6 cm³/mol. The standard InChI is InChI=1S/C12H13BrO3/c1-2-9(7-12(14)15)8-16-11-5-3-10(13)4-6-11/h2-6,9H,1,7-8H2,(H,14,15). The lowest BCUT2D eigenvalue weighted by Crippen LogP contribution is -2.13. The maximum absolute atomic E-state index is 10.5. The van der Waals surface area contributed by atoms with Gasteiger partial charge in [-0.05, 0) is 24.3 Å². The van der Waals surface area contributed by atoms with Crippen LogP contribution in [0, 0.1) is 5.92 Å². The van der Waals surface area contributed by atoms with Crippen LogP contribution in [0.2, 0.25) is 0 Å². The Kier molecular flexibility index (Phi) is 5.05. The van der Waals surface area contributed by atoms with Gasteiger partial charge in [-0.1, -0.05) is 22.0 Å². The van der Waals surface area contributed by atoms with Crippen LogP contribution in [0.5, 0.6) is 5.75 Å². The quantitative estimate of drug-likeness (QED) is 0.817. The Balaban J connectivity index is 2.46. The molecule has 0 aromatic heterocycles. The second-order valence-corrected chi connectivity index (χ2v) is 4.27. The zero-order valence-electron chi connectivity index (χ0n) is 8.73. The minimum Gasteiger partial charge on any atom is -0.493 e. The Morgan fingerprint density at radius 1 is 1.50 bits per heavy atom. The molecule has 86 valence electrons. The van der Waals surface area contributed by atoms with Gasteiger partial charge in [-0.15, -0.1) is 6.58 Å². The highest BCUT2D eigenvalue weighted by atomic mass is 79.9. The minimum absolute atomic E-state index is 0.0417. The highest BCUT2D eigenvalue weighted by Crippen LogP contribution is 2.17. The predicted octanol–water partition coefficient (Wildman–Crippen LogP) is 3.10. The van der Waals surface area contributed by atoms with Crippen molar-refractivity contribution >= 4 is 21.9 Å². The lowest BCUT2D eigenvalue weighted by molar-refractivity contribution is -0.137. The molecule has 0 saturated carbocycles. The molecule has 0 fully saturated rings. The molecule has 3 nitrogen and oxygen atoms in total. The molecule has 0 radical (unpaired) electrons. The Morgan fingerprint density at radius 2 is 2.12 bits per heavy atom. The van der Waals surface area contributed by atoms with Gasteiger partial charge in [-0.3, -0.25) is 4.79 Å². The van der Waals surface area contributed by atoms with Crippen LogP contribution in [0.25, 0.3) is 0 Å². The summed E-state index contributed by atoms with van der Waals surface area (Å²) < 4.78 is 6.44. The van der Waals surface area contributed by atoms with Crippen molar-refractivity contribution in [1.82, 2.24) is 0 Å². The molecule has 0 amide bonds. The maximum atomic E-state index is 10.5. The molecule has 16 heavy (non-hydrogen) atoms. The van der Waals surface area contributed by atoms with E-state index in [1.807, 2.05) is 24.3 Å². The number of carbonyl (C=O) groups is 1. The number of carboxylic acids is 1. The Bertz CT molecular complexity index is 359. The molecule has 1 N–H and O–H groups in total. The van der Waals surface area contributed by atoms with E-state index in [1.54, 1.807) is 6.08 Å². The number of rotatable bonds is 6. The molecule has 1 aromatic carbocycles. The molecule has 0 heterocycles. The van der Waals surface area contributed by atoms with Gasteiger partial charge in [0.1, 0.15) is 5.75 Å². The topological polar surface area (TPSA) is 46.5 Å². The van der Waals surface area contributed by atoms with E-state index >= 15 is 0 Å². The van der Waals surface area contributed by atoms with Gasteiger partial charge >= 0.3 is 5.97 Å². The van der Waals surface area contributed by atoms with Crippen LogP contribution < -0.4 is 4.74 Å². The monoisotopic (exact) mass is 284 g/mol. The van der Waals surface area contributed by atoms with Crippen molar-refractivity contribution in [3.63, 3.8) is 0 Å². The van der Waals surface area contributed by atoms with Gasteiger partial charge in [0.15, 0.2) is 0 Å². The summed E-state index contributed by atoms with van der Waals surface area (Å²) in [5.74, 6) is -0.286. The molecule has 1 rings (SSSR count). The zero-order chi connectivity index (χ0) is 12.0. The van der Waals surface area contributed by atoms with E-state index in [4.69, 9.17) is 9.84 Å². The third-order valence-corrected chi connectivity index (χ3v) is 2.58. The van der Waals surface area contributed by atoms with Gasteiger partial charge in [-0.2, -0.15) is 0 Å². The number of hydrogen-bond donors (Lipinski definition) is 1. The van der Waals surface area contributed by atoms with Gasteiger partial charge in [-0.25, -0.2) is 0 Å². The van der Waals surface area contributed by atoms with Gasteiger partial charge in [0.2, 0.25) is 0 Å². The summed E-state index contributed by atoms with van der Waals surface area (Å²) in [5, 5.41) is 8.64. The Hall–Kier alpha value is -1.29. The maximum Gasteiger partial charge on any atom is 0.304 e. The summed E-state index contributed by atoms with van der Waals surface area (Å²) in [6.07, 6.45) is 1.65. The third-order valence-electron chi connectivity index (χ3n) is 2.05. The van der Waals surface area contributed by atoms with Gasteiger partial charge in [0.05, 0.1) is 13.0 Å². The molecule has 1 atom stereocenters. The molecule has 0 aliphatic rings. The number of hydrogen-bond acceptors (Lipinski definition) is 2. The Morgan fingerprint density at radius 3 is 2.62 bits per heavy atom. The second kappa shape index (κ2) is 6.33. The zero-order valence-corrected chi connectivity index (χ0v) is 10.3. The van der Waals surface area contributed by atoms with Gasteiger partial charge in [0, 0.05) is 10.4 Å².